The Hall–Kier alpha value is -2.35. The number of esters is 2. The van der Waals surface area contributed by atoms with Gasteiger partial charge in [0.1, 0.15) is 6.61 Å². The summed E-state index contributed by atoms with van der Waals surface area (Å²) in [6.07, 6.45) is 7.93. The van der Waals surface area contributed by atoms with Gasteiger partial charge in [-0.15, -0.1) is 0 Å². The second-order valence-electron chi connectivity index (χ2n) is 8.66. The van der Waals surface area contributed by atoms with E-state index in [1.54, 1.807) is 0 Å². The van der Waals surface area contributed by atoms with E-state index in [1.807, 2.05) is 0 Å². The molecule has 0 unspecified atom stereocenters. The zero-order valence-corrected chi connectivity index (χ0v) is 22.9. The lowest BCUT2D eigenvalue weighted by Crippen LogP contribution is -2.16. The highest BCUT2D eigenvalue weighted by atomic mass is 19.2. The van der Waals surface area contributed by atoms with E-state index in [1.165, 1.54) is 25.7 Å². The minimum Gasteiger partial charge on any atom is -0.463 e. The van der Waals surface area contributed by atoms with Crippen molar-refractivity contribution in [2.24, 2.45) is 0 Å². The van der Waals surface area contributed by atoms with Gasteiger partial charge in [0.05, 0.1) is 59.3 Å². The zero-order chi connectivity index (χ0) is 29.6. The lowest BCUT2D eigenvalue weighted by Gasteiger charge is -2.09. The molecule has 0 spiro atoms. The molecule has 0 amide bonds. The van der Waals surface area contributed by atoms with Gasteiger partial charge in [-0.1, -0.05) is 45.4 Å². The Morgan fingerprint density at radius 1 is 0.500 bits per heavy atom. The minimum absolute atomic E-state index is 0.0800. The maximum atomic E-state index is 13.5. The van der Waals surface area contributed by atoms with E-state index in [4.69, 9.17) is 23.7 Å². The second kappa shape index (κ2) is 22.4. The summed E-state index contributed by atoms with van der Waals surface area (Å²) >= 11 is 0. The number of unbranched alkanes of at least 4 members (excludes halogenated alkanes) is 6. The number of halogens is 5. The second-order valence-corrected chi connectivity index (χ2v) is 8.66. The molecule has 0 aliphatic rings. The molecule has 0 fully saturated rings. The van der Waals surface area contributed by atoms with Gasteiger partial charge in [-0.2, -0.15) is 8.78 Å². The van der Waals surface area contributed by atoms with Crippen molar-refractivity contribution in [2.45, 2.75) is 64.7 Å². The molecular weight excluding hydrogens is 547 g/mol. The van der Waals surface area contributed by atoms with Gasteiger partial charge in [0, 0.05) is 6.42 Å². The average Bonchev–Trinajstić information content (AvgIpc) is 2.94. The fourth-order valence-corrected chi connectivity index (χ4v) is 3.27. The summed E-state index contributed by atoms with van der Waals surface area (Å²) in [5, 5.41) is 0. The number of benzene rings is 1. The molecule has 0 aromatic heterocycles. The molecule has 0 atom stereocenters. The lowest BCUT2D eigenvalue weighted by atomic mass is 10.1. The van der Waals surface area contributed by atoms with E-state index < -0.39 is 47.2 Å². The third-order valence-corrected chi connectivity index (χ3v) is 5.43. The lowest BCUT2D eigenvalue weighted by molar-refractivity contribution is -0.145. The van der Waals surface area contributed by atoms with Crippen molar-refractivity contribution in [1.82, 2.24) is 0 Å². The van der Waals surface area contributed by atoms with Crippen LogP contribution in [0.4, 0.5) is 22.0 Å². The highest BCUT2D eigenvalue weighted by Crippen LogP contribution is 2.29. The molecule has 0 heterocycles. The van der Waals surface area contributed by atoms with Crippen LogP contribution in [0.3, 0.4) is 0 Å². The predicted octanol–water partition coefficient (Wildman–Crippen LogP) is 5.43. The molecule has 40 heavy (non-hydrogen) atoms. The molecule has 0 N–H and O–H groups in total. The van der Waals surface area contributed by atoms with Crippen LogP contribution in [0.2, 0.25) is 0 Å². The Labute approximate surface area is 231 Å². The van der Waals surface area contributed by atoms with Gasteiger partial charge >= 0.3 is 11.9 Å². The van der Waals surface area contributed by atoms with Crippen LogP contribution >= 0.6 is 0 Å². The molecule has 13 heteroatoms. The fourth-order valence-electron chi connectivity index (χ4n) is 3.27. The van der Waals surface area contributed by atoms with E-state index in [2.05, 4.69) is 11.7 Å². The van der Waals surface area contributed by atoms with Gasteiger partial charge in [-0.25, -0.2) is 13.2 Å². The average molecular weight is 587 g/mol. The van der Waals surface area contributed by atoms with Crippen molar-refractivity contribution >= 4 is 11.9 Å². The van der Waals surface area contributed by atoms with E-state index in [0.29, 0.717) is 26.2 Å². The Bertz CT molecular complexity index is 843. The van der Waals surface area contributed by atoms with E-state index in [0.717, 1.165) is 19.3 Å². The number of carbonyl (C=O) groups is 2. The van der Waals surface area contributed by atoms with Crippen LogP contribution in [0, 0.1) is 29.1 Å². The van der Waals surface area contributed by atoms with Crippen molar-refractivity contribution in [3.63, 3.8) is 0 Å². The first-order valence-electron chi connectivity index (χ1n) is 13.5. The predicted molar refractivity (Wildman–Crippen MR) is 133 cm³/mol. The van der Waals surface area contributed by atoms with Crippen molar-refractivity contribution in [2.75, 3.05) is 59.5 Å². The Morgan fingerprint density at radius 3 is 1.45 bits per heavy atom. The normalized spacial score (nSPS) is 11.2. The van der Waals surface area contributed by atoms with Crippen LogP contribution in [0.1, 0.15) is 64.7 Å². The van der Waals surface area contributed by atoms with Gasteiger partial charge < -0.3 is 28.4 Å². The van der Waals surface area contributed by atoms with Crippen LogP contribution in [0.25, 0.3) is 0 Å². The maximum absolute atomic E-state index is 13.5. The van der Waals surface area contributed by atoms with E-state index >= 15 is 0 Å². The Morgan fingerprint density at radius 2 is 0.925 bits per heavy atom. The number of rotatable bonds is 24. The van der Waals surface area contributed by atoms with Gasteiger partial charge in [0.2, 0.25) is 34.8 Å². The fraction of sp³-hybridized carbons (Fsp3) is 0.704. The molecule has 0 saturated heterocycles. The summed E-state index contributed by atoms with van der Waals surface area (Å²) in [7, 11) is 0. The molecule has 230 valence electrons. The van der Waals surface area contributed by atoms with Crippen LogP contribution in [-0.2, 0) is 33.3 Å². The van der Waals surface area contributed by atoms with Crippen molar-refractivity contribution in [1.29, 1.82) is 0 Å². The molecule has 0 radical (unpaired) electrons. The van der Waals surface area contributed by atoms with Crippen molar-refractivity contribution in [3.8, 4) is 5.75 Å². The zero-order valence-electron chi connectivity index (χ0n) is 22.9. The highest BCUT2D eigenvalue weighted by Gasteiger charge is 2.28. The molecule has 0 bridgehead atoms. The number of carbonyl (C=O) groups excluding carboxylic acids is 2. The van der Waals surface area contributed by atoms with Crippen molar-refractivity contribution < 1.29 is 60.0 Å². The third kappa shape index (κ3) is 15.4. The number of hydrogen-bond donors (Lipinski definition) is 0. The van der Waals surface area contributed by atoms with Gasteiger partial charge in [0.25, 0.3) is 0 Å². The molecule has 1 aromatic carbocycles. The smallest absolute Gasteiger partial charge is 0.313 e. The Kier molecular flexibility index (Phi) is 19.9. The third-order valence-electron chi connectivity index (χ3n) is 5.43. The summed E-state index contributed by atoms with van der Waals surface area (Å²) in [6, 6.07) is 0. The van der Waals surface area contributed by atoms with E-state index in [-0.39, 0.29) is 45.6 Å². The molecule has 1 rings (SSSR count). The molecule has 0 aliphatic heterocycles. The first kappa shape index (κ1) is 35.7. The summed E-state index contributed by atoms with van der Waals surface area (Å²) < 4.78 is 96.6. The molecule has 8 nitrogen and oxygen atoms in total. The standard InChI is InChI=1S/C27H39F5O8/c1-2-3-4-5-6-7-8-9-20(33)39-19-18-38-17-16-37-15-14-36-13-12-35-11-10-21(34)40-27-25(31)23(29)22(28)24(30)26(27)32/h2-19H2,1H3. The minimum atomic E-state index is -2.35. The topological polar surface area (TPSA) is 89.5 Å². The quantitative estimate of drug-likeness (QED) is 0.0396. The summed E-state index contributed by atoms with van der Waals surface area (Å²) in [4.78, 5) is 23.2. The monoisotopic (exact) mass is 586 g/mol. The summed E-state index contributed by atoms with van der Waals surface area (Å²) in [5.74, 6) is -14.3. The number of hydrogen-bond acceptors (Lipinski definition) is 8. The summed E-state index contributed by atoms with van der Waals surface area (Å²) in [5.41, 5.74) is 0. The van der Waals surface area contributed by atoms with Gasteiger partial charge in [0.15, 0.2) is 0 Å². The first-order chi connectivity index (χ1) is 19.3. The first-order valence-corrected chi connectivity index (χ1v) is 13.5. The molecule has 1 aromatic rings. The summed E-state index contributed by atoms with van der Waals surface area (Å²) in [6.45, 7) is 3.91. The van der Waals surface area contributed by atoms with E-state index in [9.17, 15) is 31.5 Å². The highest BCUT2D eigenvalue weighted by molar-refractivity contribution is 5.72. The number of ether oxygens (including phenoxy) is 6. The molecule has 0 aliphatic carbocycles. The molecule has 0 saturated carbocycles. The largest absolute Gasteiger partial charge is 0.463 e. The van der Waals surface area contributed by atoms with Crippen molar-refractivity contribution in [3.05, 3.63) is 29.1 Å². The SMILES string of the molecule is CCCCCCCCCC(=O)OCCOCCOCCOCCOCCC(=O)Oc1c(F)c(F)c(F)c(F)c1F. The van der Waals surface area contributed by atoms with Crippen LogP contribution in [-0.4, -0.2) is 71.4 Å². The van der Waals surface area contributed by atoms with Crippen LogP contribution in [0.15, 0.2) is 0 Å². The van der Waals surface area contributed by atoms with Gasteiger partial charge in [-0.05, 0) is 6.42 Å². The van der Waals surface area contributed by atoms with Gasteiger partial charge in [-0.3, -0.25) is 9.59 Å². The Balaban J connectivity index is 1.90. The van der Waals surface area contributed by atoms with Crippen LogP contribution in [0.5, 0.6) is 5.75 Å². The maximum Gasteiger partial charge on any atom is 0.313 e. The molecular formula is C27H39F5O8. The van der Waals surface area contributed by atoms with Crippen LogP contribution < -0.4 is 4.74 Å².